The van der Waals surface area contributed by atoms with Crippen molar-refractivity contribution in [1.29, 1.82) is 0 Å². The Hall–Kier alpha value is -1.27. The van der Waals surface area contributed by atoms with Crippen molar-refractivity contribution < 1.29 is 13.2 Å². The third-order valence-corrected chi connectivity index (χ3v) is 2.45. The van der Waals surface area contributed by atoms with E-state index in [1.165, 1.54) is 22.9 Å². The highest BCUT2D eigenvalue weighted by molar-refractivity contribution is 5.85. The predicted molar refractivity (Wildman–Crippen MR) is 64.7 cm³/mol. The number of halogens is 4. The van der Waals surface area contributed by atoms with Crippen LogP contribution in [0.1, 0.15) is 25.2 Å². The van der Waals surface area contributed by atoms with E-state index in [0.29, 0.717) is 5.82 Å². The molecule has 2 heterocycles. The summed E-state index contributed by atoms with van der Waals surface area (Å²) in [7, 11) is 0. The van der Waals surface area contributed by atoms with Crippen LogP contribution in [0.2, 0.25) is 0 Å². The molecule has 18 heavy (non-hydrogen) atoms. The van der Waals surface area contributed by atoms with E-state index >= 15 is 0 Å². The van der Waals surface area contributed by atoms with Gasteiger partial charge >= 0.3 is 6.18 Å². The third-order valence-electron chi connectivity index (χ3n) is 2.45. The third kappa shape index (κ3) is 2.44. The zero-order valence-electron chi connectivity index (χ0n) is 9.82. The first-order chi connectivity index (χ1) is 7.71. The summed E-state index contributed by atoms with van der Waals surface area (Å²) in [5.41, 5.74) is 4.38. The highest BCUT2D eigenvalue weighted by atomic mass is 35.5. The number of hydrogen-bond acceptors (Lipinski definition) is 2. The maximum atomic E-state index is 12.8. The molecule has 0 radical (unpaired) electrons. The average molecular weight is 280 g/mol. The van der Waals surface area contributed by atoms with Gasteiger partial charge in [-0.25, -0.2) is 4.98 Å². The molecule has 0 atom stereocenters. The predicted octanol–water partition coefficient (Wildman–Crippen LogP) is 2.97. The van der Waals surface area contributed by atoms with Crippen molar-refractivity contribution in [2.75, 3.05) is 0 Å². The van der Waals surface area contributed by atoms with E-state index in [1.807, 2.05) is 0 Å². The Balaban J connectivity index is 0.00000162. The Morgan fingerprint density at radius 2 is 1.89 bits per heavy atom. The Kier molecular flexibility index (Phi) is 3.65. The lowest BCUT2D eigenvalue weighted by molar-refractivity contribution is -0.136. The molecule has 100 valence electrons. The number of aromatic nitrogens is 2. The van der Waals surface area contributed by atoms with E-state index < -0.39 is 17.3 Å². The minimum absolute atomic E-state index is 0. The van der Waals surface area contributed by atoms with Crippen LogP contribution in [0.15, 0.2) is 24.5 Å². The van der Waals surface area contributed by atoms with Gasteiger partial charge in [0.1, 0.15) is 5.82 Å². The number of hydrogen-bond donors (Lipinski definition) is 1. The second-order valence-electron chi connectivity index (χ2n) is 4.48. The minimum atomic E-state index is -4.39. The zero-order valence-corrected chi connectivity index (χ0v) is 10.6. The molecule has 2 rings (SSSR count). The van der Waals surface area contributed by atoms with Crippen molar-refractivity contribution >= 4 is 17.9 Å². The van der Waals surface area contributed by atoms with E-state index in [9.17, 15) is 13.2 Å². The van der Waals surface area contributed by atoms with E-state index in [4.69, 9.17) is 5.73 Å². The van der Waals surface area contributed by atoms with Gasteiger partial charge in [-0.15, -0.1) is 12.4 Å². The monoisotopic (exact) mass is 279 g/mol. The van der Waals surface area contributed by atoms with Crippen LogP contribution in [0.5, 0.6) is 0 Å². The molecule has 0 aromatic carbocycles. The van der Waals surface area contributed by atoms with Crippen LogP contribution in [-0.4, -0.2) is 9.38 Å². The van der Waals surface area contributed by atoms with Gasteiger partial charge in [0, 0.05) is 6.20 Å². The van der Waals surface area contributed by atoms with Crippen molar-refractivity contribution in [3.8, 4) is 0 Å². The summed E-state index contributed by atoms with van der Waals surface area (Å²) >= 11 is 0. The number of alkyl halides is 3. The second kappa shape index (κ2) is 4.44. The van der Waals surface area contributed by atoms with Crippen molar-refractivity contribution in [3.05, 3.63) is 35.9 Å². The Labute approximate surface area is 108 Å². The lowest BCUT2D eigenvalue weighted by atomic mass is 10.1. The lowest BCUT2D eigenvalue weighted by Gasteiger charge is -2.17. The Morgan fingerprint density at radius 3 is 2.39 bits per heavy atom. The molecular weight excluding hydrogens is 267 g/mol. The number of pyridine rings is 1. The van der Waals surface area contributed by atoms with Crippen LogP contribution in [0.4, 0.5) is 13.2 Å². The van der Waals surface area contributed by atoms with Gasteiger partial charge in [-0.05, 0) is 26.0 Å². The average Bonchev–Trinajstić information content (AvgIpc) is 2.57. The standard InChI is InChI=1S/C11H12F3N3.ClH/c1-10(2,15)9-16-6-8-7(11(12,13)14)4-3-5-17(8)9;/h3-6H,15H2,1-2H3;1H. The van der Waals surface area contributed by atoms with Crippen LogP contribution >= 0.6 is 12.4 Å². The summed E-state index contributed by atoms with van der Waals surface area (Å²) in [5, 5.41) is 0. The molecule has 0 aliphatic carbocycles. The van der Waals surface area contributed by atoms with Crippen LogP contribution < -0.4 is 5.73 Å². The molecule has 0 unspecified atom stereocenters. The summed E-state index contributed by atoms with van der Waals surface area (Å²) in [6.07, 6.45) is -1.66. The van der Waals surface area contributed by atoms with Crippen LogP contribution in [-0.2, 0) is 11.7 Å². The Morgan fingerprint density at radius 1 is 1.28 bits per heavy atom. The van der Waals surface area contributed by atoms with Gasteiger partial charge in [0.15, 0.2) is 0 Å². The van der Waals surface area contributed by atoms with E-state index in [0.717, 1.165) is 6.07 Å². The molecular formula is C11H13ClF3N3. The molecule has 0 spiro atoms. The molecule has 0 aliphatic heterocycles. The largest absolute Gasteiger partial charge is 0.418 e. The van der Waals surface area contributed by atoms with Gasteiger partial charge in [0.2, 0.25) is 0 Å². The Bertz CT molecular complexity index is 555. The number of rotatable bonds is 1. The number of nitrogens with zero attached hydrogens (tertiary/aromatic N) is 2. The van der Waals surface area contributed by atoms with E-state index in [-0.39, 0.29) is 17.9 Å². The number of nitrogens with two attached hydrogens (primary N) is 1. The SMILES string of the molecule is CC(C)(N)c1ncc2c(C(F)(F)F)cccn12.Cl. The molecule has 2 N–H and O–H groups in total. The topological polar surface area (TPSA) is 43.3 Å². The van der Waals surface area contributed by atoms with Crippen LogP contribution in [0, 0.1) is 0 Å². The zero-order chi connectivity index (χ0) is 12.8. The van der Waals surface area contributed by atoms with E-state index in [1.54, 1.807) is 13.8 Å². The molecule has 0 saturated heterocycles. The van der Waals surface area contributed by atoms with Crippen molar-refractivity contribution in [3.63, 3.8) is 0 Å². The first-order valence-electron chi connectivity index (χ1n) is 5.04. The fourth-order valence-corrected chi connectivity index (χ4v) is 1.74. The second-order valence-corrected chi connectivity index (χ2v) is 4.48. The summed E-state index contributed by atoms with van der Waals surface area (Å²) in [6, 6.07) is 2.37. The van der Waals surface area contributed by atoms with Crippen LogP contribution in [0.25, 0.3) is 5.52 Å². The van der Waals surface area contributed by atoms with Gasteiger partial charge in [-0.2, -0.15) is 13.2 Å². The molecule has 3 nitrogen and oxygen atoms in total. The summed E-state index contributed by atoms with van der Waals surface area (Å²) < 4.78 is 39.6. The normalized spacial score (nSPS) is 12.6. The summed E-state index contributed by atoms with van der Waals surface area (Å²) in [6.45, 7) is 3.39. The highest BCUT2D eigenvalue weighted by Crippen LogP contribution is 2.33. The minimum Gasteiger partial charge on any atom is -0.319 e. The molecule has 0 fully saturated rings. The maximum Gasteiger partial charge on any atom is 0.418 e. The number of fused-ring (bicyclic) bond motifs is 1. The lowest BCUT2D eigenvalue weighted by Crippen LogP contribution is -2.31. The maximum absolute atomic E-state index is 12.8. The molecule has 0 aliphatic rings. The van der Waals surface area contributed by atoms with Gasteiger partial charge in [0.05, 0.1) is 22.8 Å². The molecule has 7 heteroatoms. The molecule has 0 amide bonds. The van der Waals surface area contributed by atoms with Crippen molar-refractivity contribution in [1.82, 2.24) is 9.38 Å². The first kappa shape index (κ1) is 14.8. The fraction of sp³-hybridized carbons (Fsp3) is 0.364. The van der Waals surface area contributed by atoms with Gasteiger partial charge in [-0.3, -0.25) is 0 Å². The molecule has 2 aromatic rings. The van der Waals surface area contributed by atoms with Gasteiger partial charge in [0.25, 0.3) is 0 Å². The fourth-order valence-electron chi connectivity index (χ4n) is 1.74. The van der Waals surface area contributed by atoms with Crippen molar-refractivity contribution in [2.45, 2.75) is 25.6 Å². The van der Waals surface area contributed by atoms with Gasteiger partial charge < -0.3 is 10.1 Å². The van der Waals surface area contributed by atoms with E-state index in [2.05, 4.69) is 4.98 Å². The highest BCUT2D eigenvalue weighted by Gasteiger charge is 2.34. The molecule has 0 saturated carbocycles. The first-order valence-corrected chi connectivity index (χ1v) is 5.04. The molecule has 2 aromatic heterocycles. The van der Waals surface area contributed by atoms with Crippen LogP contribution in [0.3, 0.4) is 0 Å². The summed E-state index contributed by atoms with van der Waals surface area (Å²) in [4.78, 5) is 3.98. The summed E-state index contributed by atoms with van der Waals surface area (Å²) in [5.74, 6) is 0.401. The van der Waals surface area contributed by atoms with Gasteiger partial charge in [-0.1, -0.05) is 0 Å². The van der Waals surface area contributed by atoms with Crippen molar-refractivity contribution in [2.24, 2.45) is 5.73 Å². The molecule has 0 bridgehead atoms. The number of imidazole rings is 1. The quantitative estimate of drug-likeness (QED) is 0.872. The smallest absolute Gasteiger partial charge is 0.319 e.